The summed E-state index contributed by atoms with van der Waals surface area (Å²) in [5.74, 6) is -1.01. The Bertz CT molecular complexity index is 1140. The molecule has 2 aromatic rings. The number of aromatic nitrogens is 1. The third-order valence-electron chi connectivity index (χ3n) is 7.12. The van der Waals surface area contributed by atoms with Gasteiger partial charge in [0.05, 0.1) is 13.2 Å². The van der Waals surface area contributed by atoms with Gasteiger partial charge in [0, 0.05) is 38.1 Å². The zero-order valence-electron chi connectivity index (χ0n) is 24.6. The third kappa shape index (κ3) is 9.74. The lowest BCUT2D eigenvalue weighted by Crippen LogP contribution is -2.44. The molecule has 1 unspecified atom stereocenters. The molecule has 1 aliphatic heterocycles. The molecule has 4 atom stereocenters. The number of ether oxygens (including phenoxy) is 5. The smallest absolute Gasteiger partial charge is 0.329 e. The van der Waals surface area contributed by atoms with Gasteiger partial charge in [-0.2, -0.15) is 0 Å². The normalized spacial score (nSPS) is 21.2. The van der Waals surface area contributed by atoms with E-state index < -0.39 is 36.8 Å². The van der Waals surface area contributed by atoms with Gasteiger partial charge in [-0.15, -0.1) is 0 Å². The molecule has 1 fully saturated rings. The number of hydrogen-bond acceptors (Lipinski definition) is 9. The quantitative estimate of drug-likeness (QED) is 0.290. The van der Waals surface area contributed by atoms with Crippen LogP contribution in [0.4, 0.5) is 0 Å². The SMILES string of the molecule is COc1ccnc(C(=O)NC2CCO[C@H](CCc3ccccc3)[C@@H](CCC(C)C)[C@H](C)OC2=O)c1OCOC(C)=O. The fourth-order valence-electron chi connectivity index (χ4n) is 4.85. The van der Waals surface area contributed by atoms with Gasteiger partial charge in [0.2, 0.25) is 6.79 Å². The Morgan fingerprint density at radius 2 is 1.90 bits per heavy atom. The van der Waals surface area contributed by atoms with Gasteiger partial charge in [-0.1, -0.05) is 50.6 Å². The van der Waals surface area contributed by atoms with Gasteiger partial charge < -0.3 is 29.0 Å². The zero-order chi connectivity index (χ0) is 29.8. The monoisotopic (exact) mass is 570 g/mol. The van der Waals surface area contributed by atoms with Crippen molar-refractivity contribution in [3.8, 4) is 11.5 Å². The molecular formula is C31H42N2O8. The number of esters is 2. The molecule has 1 aliphatic rings. The minimum Gasteiger partial charge on any atom is -0.493 e. The molecule has 0 radical (unpaired) electrons. The van der Waals surface area contributed by atoms with E-state index in [1.54, 1.807) is 0 Å². The molecule has 2 heterocycles. The van der Waals surface area contributed by atoms with Crippen LogP contribution in [0, 0.1) is 11.8 Å². The zero-order valence-corrected chi connectivity index (χ0v) is 24.6. The van der Waals surface area contributed by atoms with Crippen molar-refractivity contribution in [3.05, 3.63) is 53.9 Å². The molecule has 10 heteroatoms. The van der Waals surface area contributed by atoms with Crippen molar-refractivity contribution in [3.63, 3.8) is 0 Å². The lowest BCUT2D eigenvalue weighted by molar-refractivity contribution is -0.154. The molecule has 1 saturated heterocycles. The number of hydrogen-bond donors (Lipinski definition) is 1. The maximum absolute atomic E-state index is 13.3. The maximum Gasteiger partial charge on any atom is 0.329 e. The Labute approximate surface area is 242 Å². The van der Waals surface area contributed by atoms with E-state index in [4.69, 9.17) is 23.7 Å². The van der Waals surface area contributed by atoms with Crippen molar-refractivity contribution >= 4 is 17.8 Å². The average molecular weight is 571 g/mol. The second kappa shape index (κ2) is 16.0. The molecule has 0 aliphatic carbocycles. The fraction of sp³-hybridized carbons (Fsp3) is 0.548. The van der Waals surface area contributed by atoms with E-state index in [-0.39, 0.29) is 42.2 Å². The van der Waals surface area contributed by atoms with Crippen molar-refractivity contribution in [2.75, 3.05) is 20.5 Å². The van der Waals surface area contributed by atoms with Gasteiger partial charge in [0.1, 0.15) is 12.1 Å². The predicted octanol–water partition coefficient (Wildman–Crippen LogP) is 4.49. The summed E-state index contributed by atoms with van der Waals surface area (Å²) in [6.07, 6.45) is 4.59. The molecule has 0 saturated carbocycles. The first-order valence-electron chi connectivity index (χ1n) is 14.2. The molecule has 0 spiro atoms. The van der Waals surface area contributed by atoms with Gasteiger partial charge in [-0.3, -0.25) is 9.59 Å². The van der Waals surface area contributed by atoms with Crippen LogP contribution in [-0.4, -0.2) is 61.6 Å². The molecule has 3 rings (SSSR count). The molecule has 224 valence electrons. The number of aryl methyl sites for hydroxylation is 1. The van der Waals surface area contributed by atoms with Gasteiger partial charge in [-0.05, 0) is 37.7 Å². The van der Waals surface area contributed by atoms with Crippen LogP contribution in [0.5, 0.6) is 11.5 Å². The largest absolute Gasteiger partial charge is 0.493 e. The van der Waals surface area contributed by atoms with Crippen molar-refractivity contribution in [2.45, 2.75) is 78.0 Å². The molecule has 1 aromatic heterocycles. The summed E-state index contributed by atoms with van der Waals surface area (Å²) in [5, 5.41) is 2.73. The summed E-state index contributed by atoms with van der Waals surface area (Å²) in [6.45, 7) is 7.32. The highest BCUT2D eigenvalue weighted by molar-refractivity contribution is 5.98. The van der Waals surface area contributed by atoms with Gasteiger partial charge in [0.25, 0.3) is 5.91 Å². The second-order valence-corrected chi connectivity index (χ2v) is 10.6. The number of amides is 1. The maximum atomic E-state index is 13.3. The molecular weight excluding hydrogens is 528 g/mol. The summed E-state index contributed by atoms with van der Waals surface area (Å²) in [7, 11) is 1.41. The highest BCUT2D eigenvalue weighted by Crippen LogP contribution is 2.31. The number of methoxy groups -OCH3 is 1. The van der Waals surface area contributed by atoms with E-state index in [0.29, 0.717) is 5.92 Å². The topological polar surface area (TPSA) is 122 Å². The minimum atomic E-state index is -0.960. The Morgan fingerprint density at radius 3 is 2.59 bits per heavy atom. The van der Waals surface area contributed by atoms with E-state index in [9.17, 15) is 14.4 Å². The van der Waals surface area contributed by atoms with E-state index >= 15 is 0 Å². The van der Waals surface area contributed by atoms with E-state index in [2.05, 4.69) is 36.3 Å². The number of rotatable bonds is 12. The number of pyridine rings is 1. The predicted molar refractivity (Wildman–Crippen MR) is 152 cm³/mol. The summed E-state index contributed by atoms with van der Waals surface area (Å²) in [5.41, 5.74) is 1.11. The summed E-state index contributed by atoms with van der Waals surface area (Å²) < 4.78 is 28.0. The van der Waals surface area contributed by atoms with Crippen LogP contribution in [-0.2, 0) is 30.2 Å². The van der Waals surface area contributed by atoms with Crippen LogP contribution in [0.1, 0.15) is 69.4 Å². The average Bonchev–Trinajstić information content (AvgIpc) is 2.99. The van der Waals surface area contributed by atoms with E-state index in [1.807, 2.05) is 25.1 Å². The van der Waals surface area contributed by atoms with Crippen molar-refractivity contribution in [2.24, 2.45) is 11.8 Å². The molecule has 1 aromatic carbocycles. The van der Waals surface area contributed by atoms with Gasteiger partial charge in [-0.25, -0.2) is 9.78 Å². The number of cyclic esters (lactones) is 1. The van der Waals surface area contributed by atoms with Crippen molar-refractivity contribution in [1.82, 2.24) is 10.3 Å². The Kier molecular flexibility index (Phi) is 12.4. The van der Waals surface area contributed by atoms with Gasteiger partial charge in [0.15, 0.2) is 17.2 Å². The van der Waals surface area contributed by atoms with Crippen molar-refractivity contribution < 1.29 is 38.1 Å². The number of benzene rings is 1. The Balaban J connectivity index is 1.76. The molecule has 1 N–H and O–H groups in total. The van der Waals surface area contributed by atoms with E-state index in [1.165, 1.54) is 31.9 Å². The lowest BCUT2D eigenvalue weighted by atomic mass is 9.86. The van der Waals surface area contributed by atoms with Crippen LogP contribution in [0.2, 0.25) is 0 Å². The highest BCUT2D eigenvalue weighted by atomic mass is 16.7. The molecule has 10 nitrogen and oxygen atoms in total. The molecule has 41 heavy (non-hydrogen) atoms. The highest BCUT2D eigenvalue weighted by Gasteiger charge is 2.35. The lowest BCUT2D eigenvalue weighted by Gasteiger charge is -2.31. The van der Waals surface area contributed by atoms with Crippen LogP contribution >= 0.6 is 0 Å². The summed E-state index contributed by atoms with van der Waals surface area (Å²) in [4.78, 5) is 41.9. The van der Waals surface area contributed by atoms with Crippen molar-refractivity contribution in [1.29, 1.82) is 0 Å². The van der Waals surface area contributed by atoms with Crippen LogP contribution in [0.15, 0.2) is 42.6 Å². The molecule has 1 amide bonds. The fourth-order valence-corrected chi connectivity index (χ4v) is 4.85. The van der Waals surface area contributed by atoms with Crippen LogP contribution < -0.4 is 14.8 Å². The minimum absolute atomic E-state index is 0.00970. The number of carbonyl (C=O) groups is 3. The molecule has 0 bridgehead atoms. The first-order chi connectivity index (χ1) is 19.7. The number of nitrogens with zero attached hydrogens (tertiary/aromatic N) is 1. The first kappa shape index (κ1) is 31.9. The summed E-state index contributed by atoms with van der Waals surface area (Å²) >= 11 is 0. The number of carbonyl (C=O) groups excluding carboxylic acids is 3. The van der Waals surface area contributed by atoms with Crippen LogP contribution in [0.25, 0.3) is 0 Å². The first-order valence-corrected chi connectivity index (χ1v) is 14.2. The second-order valence-electron chi connectivity index (χ2n) is 10.6. The van der Waals surface area contributed by atoms with E-state index in [0.717, 1.165) is 25.7 Å². The standard InChI is InChI=1S/C31H42N2O8/c1-20(2)11-13-24-21(3)41-31(36)25(16-18-38-26(24)14-12-23-9-7-6-8-10-23)33-30(35)28-29(40-19-39-22(4)34)27(37-5)15-17-32-28/h6-10,15,17,20-21,24-26H,11-14,16,18-19H2,1-5H3,(H,33,35)/t21-,24-,25?,26+/m0/s1. The third-order valence-corrected chi connectivity index (χ3v) is 7.12. The number of nitrogens with one attached hydrogen (secondary N) is 1. The van der Waals surface area contributed by atoms with Crippen LogP contribution in [0.3, 0.4) is 0 Å². The summed E-state index contributed by atoms with van der Waals surface area (Å²) in [6, 6.07) is 10.8. The van der Waals surface area contributed by atoms with Gasteiger partial charge >= 0.3 is 11.9 Å². The Hall–Kier alpha value is -3.66. The Morgan fingerprint density at radius 1 is 1.15 bits per heavy atom.